The van der Waals surface area contributed by atoms with E-state index in [1.54, 1.807) is 55.8 Å². The van der Waals surface area contributed by atoms with E-state index in [0.717, 1.165) is 65.8 Å². The van der Waals surface area contributed by atoms with Gasteiger partial charge in [0.05, 0.1) is 43.5 Å². The van der Waals surface area contributed by atoms with E-state index >= 15 is 9.59 Å². The van der Waals surface area contributed by atoms with Gasteiger partial charge in [-0.25, -0.2) is 4.98 Å². The van der Waals surface area contributed by atoms with Gasteiger partial charge in [0, 0.05) is 53.4 Å². The van der Waals surface area contributed by atoms with Crippen molar-refractivity contribution >= 4 is 90.6 Å². The highest BCUT2D eigenvalue weighted by Gasteiger charge is 2.37. The average Bonchev–Trinajstić information content (AvgIpc) is 4.13. The molecule has 8 rings (SSSR count). The van der Waals surface area contributed by atoms with Crippen molar-refractivity contribution in [1.29, 1.82) is 0 Å². The second-order valence-corrected chi connectivity index (χ2v) is 24.5. The molecule has 2 aromatic heterocycles. The van der Waals surface area contributed by atoms with E-state index in [-0.39, 0.29) is 37.2 Å². The monoisotopic (exact) mass is 1250 g/mol. The fourth-order valence-electron chi connectivity index (χ4n) is 10.1. The molecule has 3 heterocycles. The molecule has 2 unspecified atom stereocenters. The molecule has 5 aromatic carbocycles. The van der Waals surface area contributed by atoms with E-state index in [4.69, 9.17) is 15.5 Å². The van der Waals surface area contributed by atoms with Crippen molar-refractivity contribution in [2.24, 2.45) is 5.73 Å². The zero-order chi connectivity index (χ0) is 63.4. The van der Waals surface area contributed by atoms with Crippen molar-refractivity contribution in [1.82, 2.24) is 47.2 Å². The van der Waals surface area contributed by atoms with E-state index in [0.29, 0.717) is 36.3 Å². The Kier molecular flexibility index (Phi) is 24.4. The van der Waals surface area contributed by atoms with Crippen LogP contribution < -0.4 is 53.0 Å². The van der Waals surface area contributed by atoms with Crippen LogP contribution in [0, 0.1) is 0 Å². The van der Waals surface area contributed by atoms with Crippen LogP contribution in [0.25, 0.3) is 32.9 Å². The Balaban J connectivity index is 1.09. The minimum atomic E-state index is -1.71. The second kappa shape index (κ2) is 32.6. The van der Waals surface area contributed by atoms with Crippen molar-refractivity contribution < 1.29 is 53.6 Å². The lowest BCUT2D eigenvalue weighted by atomic mass is 10.0. The van der Waals surface area contributed by atoms with Gasteiger partial charge in [0.15, 0.2) is 0 Å². The Labute approximate surface area is 523 Å². The number of anilines is 1. The van der Waals surface area contributed by atoms with Crippen LogP contribution in [0.3, 0.4) is 0 Å². The van der Waals surface area contributed by atoms with Crippen LogP contribution in [0.2, 0.25) is 0 Å². The number of hydrogen-bond acceptors (Lipinski definition) is 16. The maximum Gasteiger partial charge on any atom is 0.245 e. The maximum absolute atomic E-state index is 15.1. The highest BCUT2D eigenvalue weighted by atomic mass is 33.1. The molecule has 7 aromatic rings. The maximum atomic E-state index is 15.1. The number of amides is 7. The number of para-hydroxylation sites is 1. The number of nitrogens with zero attached hydrogens (tertiary/aromatic N) is 1. The van der Waals surface area contributed by atoms with Crippen molar-refractivity contribution in [3.63, 3.8) is 0 Å². The zero-order valence-electron chi connectivity index (χ0n) is 49.6. The van der Waals surface area contributed by atoms with Crippen LogP contribution in [0.5, 0.6) is 5.75 Å². The van der Waals surface area contributed by atoms with Gasteiger partial charge in [0.2, 0.25) is 41.4 Å². The number of carbonyl (C=O) groups excluding carboxylic acids is 7. The van der Waals surface area contributed by atoms with Crippen LogP contribution in [0.15, 0.2) is 146 Å². The Morgan fingerprint density at radius 1 is 0.697 bits per heavy atom. The summed E-state index contributed by atoms with van der Waals surface area (Å²) >= 11 is 0. The molecule has 0 spiro atoms. The summed E-state index contributed by atoms with van der Waals surface area (Å²) < 4.78 is 5.32. The smallest absolute Gasteiger partial charge is 0.245 e. The molecule has 0 bridgehead atoms. The van der Waals surface area contributed by atoms with Crippen molar-refractivity contribution in [2.75, 3.05) is 37.1 Å². The molecule has 10 atom stereocenters. The molecule has 0 saturated carbocycles. The average molecular weight is 1250 g/mol. The molecule has 7 amide bonds. The number of pyridine rings is 1. The Bertz CT molecular complexity index is 3530. The van der Waals surface area contributed by atoms with E-state index in [1.165, 1.54) is 13.8 Å². The topological polar surface area (TPSA) is 340 Å². The number of nitrogens with one attached hydrogen (secondary N) is 9. The number of rotatable bonds is 21. The lowest BCUT2D eigenvalue weighted by molar-refractivity contribution is -0.136. The van der Waals surface area contributed by atoms with Gasteiger partial charge in [-0.2, -0.15) is 0 Å². The van der Waals surface area contributed by atoms with Crippen LogP contribution in [0.4, 0.5) is 5.82 Å². The standard InChI is InChI=1S/C65H77N11O11S2/c1-38(78)54(35-77)73-64(85)56-37-89-88-36-55(74-59(80)48(66)30-40-14-6-4-7-15-40)63(84)71-52(31-41-16-8-5-9-17-41)61(82)72-53(33-45-34-68-50-19-11-10-18-47(45)50)62(83)70-51(60(81)76-58(39(2)79)65(86)75-56)20-12-13-29-67-57-28-24-44-32-43(23-27-49(44)69-57)42-21-25-46(87-3)26-22-42/h4-11,14-19,21-28,32,34,38-39,48,51-56,58,68,77-79H,12-13,20,29-31,33,35-37,66H2,1-3H3,(H,67,69)(H,70,83)(H,71,84)(H,72,82)(H,73,85)(H,74,80)(H,75,86)(H,76,81)/t38?,39-,48-,51+,52+,53-,54?,55+,56+,58+/m1/s1. The zero-order valence-corrected chi connectivity index (χ0v) is 51.3. The third-order valence-electron chi connectivity index (χ3n) is 15.2. The summed E-state index contributed by atoms with van der Waals surface area (Å²) in [6, 6.07) is 32.0. The Morgan fingerprint density at radius 2 is 1.34 bits per heavy atom. The molecule has 1 saturated heterocycles. The minimum absolute atomic E-state index is 0.00394. The fraction of sp³-hybridized carbons (Fsp3) is 0.354. The highest BCUT2D eigenvalue weighted by Crippen LogP contribution is 2.28. The van der Waals surface area contributed by atoms with E-state index < -0.39 is 108 Å². The molecule has 1 aliphatic heterocycles. The highest BCUT2D eigenvalue weighted by molar-refractivity contribution is 8.76. The first kappa shape index (κ1) is 66.4. The number of ether oxygens (including phenoxy) is 1. The largest absolute Gasteiger partial charge is 0.497 e. The van der Waals surface area contributed by atoms with Crippen molar-refractivity contribution in [3.05, 3.63) is 162 Å². The molecule has 22 nitrogen and oxygen atoms in total. The minimum Gasteiger partial charge on any atom is -0.497 e. The van der Waals surface area contributed by atoms with Crippen LogP contribution >= 0.6 is 21.6 Å². The lowest BCUT2D eigenvalue weighted by Crippen LogP contribution is -2.62. The number of fused-ring (bicyclic) bond motifs is 2. The first-order chi connectivity index (χ1) is 43.0. The van der Waals surface area contributed by atoms with E-state index in [9.17, 15) is 39.3 Å². The predicted octanol–water partition coefficient (Wildman–Crippen LogP) is 3.57. The summed E-state index contributed by atoms with van der Waals surface area (Å²) in [5.74, 6) is -4.75. The number of unbranched alkanes of at least 4 members (excludes halogenated alkanes) is 1. The number of hydrogen-bond donors (Lipinski definition) is 13. The number of benzene rings is 5. The number of carbonyl (C=O) groups is 7. The summed E-state index contributed by atoms with van der Waals surface area (Å²) in [6.45, 7) is 2.36. The van der Waals surface area contributed by atoms with Gasteiger partial charge >= 0.3 is 0 Å². The first-order valence-corrected chi connectivity index (χ1v) is 32.0. The molecule has 470 valence electrons. The quantitative estimate of drug-likeness (QED) is 0.0361. The van der Waals surface area contributed by atoms with Crippen molar-refractivity contribution in [3.8, 4) is 16.9 Å². The summed E-state index contributed by atoms with van der Waals surface area (Å²) in [6.07, 6.45) is -0.335. The molecule has 1 aliphatic rings. The van der Waals surface area contributed by atoms with Crippen LogP contribution in [-0.2, 0) is 52.8 Å². The third-order valence-corrected chi connectivity index (χ3v) is 17.7. The molecular formula is C65H77N11O11S2. The van der Waals surface area contributed by atoms with Gasteiger partial charge in [-0.3, -0.25) is 33.6 Å². The molecule has 1 fully saturated rings. The van der Waals surface area contributed by atoms with Gasteiger partial charge in [-0.1, -0.05) is 119 Å². The second-order valence-electron chi connectivity index (χ2n) is 21.9. The predicted molar refractivity (Wildman–Crippen MR) is 345 cm³/mol. The van der Waals surface area contributed by atoms with Crippen LogP contribution in [0.1, 0.15) is 49.8 Å². The number of aliphatic hydroxyl groups excluding tert-OH is 3. The number of aromatic nitrogens is 2. The number of aromatic amines is 1. The first-order valence-electron chi connectivity index (χ1n) is 29.5. The molecule has 89 heavy (non-hydrogen) atoms. The molecule has 14 N–H and O–H groups in total. The lowest BCUT2D eigenvalue weighted by Gasteiger charge is -2.29. The molecule has 0 aliphatic carbocycles. The van der Waals surface area contributed by atoms with Gasteiger partial charge in [-0.15, -0.1) is 0 Å². The third kappa shape index (κ3) is 19.0. The normalized spacial score (nSPS) is 20.5. The molecule has 0 radical (unpaired) electrons. The number of H-pyrrole nitrogens is 1. The fourth-order valence-corrected chi connectivity index (χ4v) is 12.4. The van der Waals surface area contributed by atoms with Crippen LogP contribution in [-0.4, -0.2) is 159 Å². The van der Waals surface area contributed by atoms with Gasteiger partial charge in [0.1, 0.15) is 47.8 Å². The summed E-state index contributed by atoms with van der Waals surface area (Å²) in [5, 5.41) is 55.7. The van der Waals surface area contributed by atoms with Gasteiger partial charge < -0.3 is 73.3 Å². The Hall–Kier alpha value is -8.52. The summed E-state index contributed by atoms with van der Waals surface area (Å²) in [7, 11) is 3.68. The SMILES string of the molecule is COc1ccc(-c2ccc3nc(NCCCC[C@@H]4NC(=O)[C@@H](Cc5c[nH]c6ccccc56)NC(=O)[C@H](Cc5ccccc5)NC(=O)[C@@H](NC(=O)[C@H](N)Cc5ccccc5)CSSC[C@@H](C(=O)NC(CO)C(C)O)NC(=O)[C@H]([C@@H](C)O)NC4=O)ccc3c2)cc1. The van der Waals surface area contributed by atoms with E-state index in [2.05, 4.69) is 53.6 Å². The van der Waals surface area contributed by atoms with E-state index in [1.807, 2.05) is 91.0 Å². The van der Waals surface area contributed by atoms with Gasteiger partial charge in [0.25, 0.3) is 0 Å². The Morgan fingerprint density at radius 3 is 2.03 bits per heavy atom. The number of nitrogens with two attached hydrogens (primary N) is 1. The summed E-state index contributed by atoms with van der Waals surface area (Å²) in [5.41, 5.74) is 12.0. The molecular weight excluding hydrogens is 1170 g/mol. The number of aliphatic hydroxyl groups is 3. The number of methoxy groups -OCH3 is 1. The van der Waals surface area contributed by atoms with Gasteiger partial charge in [-0.05, 0) is 110 Å². The van der Waals surface area contributed by atoms with Crippen molar-refractivity contribution in [2.45, 2.75) is 113 Å². The summed E-state index contributed by atoms with van der Waals surface area (Å²) in [4.78, 5) is 110. The molecule has 24 heteroatoms.